The molecule has 0 saturated heterocycles. The Morgan fingerprint density at radius 3 is 2.65 bits per heavy atom. The van der Waals surface area contributed by atoms with Gasteiger partial charge >= 0.3 is 0 Å². The second kappa shape index (κ2) is 6.58. The van der Waals surface area contributed by atoms with Crippen molar-refractivity contribution in [2.75, 3.05) is 25.0 Å². The molecule has 7 heteroatoms. The Labute approximate surface area is 117 Å². The van der Waals surface area contributed by atoms with Crippen LogP contribution < -0.4 is 26.1 Å². The molecule has 0 amide bonds. The number of ether oxygens (including phenoxy) is 2. The monoisotopic (exact) mass is 275 g/mol. The molecule has 1 aromatic heterocycles. The second-order valence-corrected chi connectivity index (χ2v) is 3.97. The third-order valence-electron chi connectivity index (χ3n) is 2.74. The summed E-state index contributed by atoms with van der Waals surface area (Å²) in [6.45, 7) is 0.551. The van der Waals surface area contributed by atoms with Gasteiger partial charge in [-0.2, -0.15) is 0 Å². The van der Waals surface area contributed by atoms with E-state index in [0.717, 1.165) is 17.1 Å². The van der Waals surface area contributed by atoms with Crippen molar-refractivity contribution < 1.29 is 9.47 Å². The number of nitrogens with two attached hydrogens (primary N) is 1. The average Bonchev–Trinajstić information content (AvgIpc) is 2.52. The van der Waals surface area contributed by atoms with E-state index in [2.05, 4.69) is 20.7 Å². The first-order valence-corrected chi connectivity index (χ1v) is 6.00. The molecule has 0 aliphatic heterocycles. The number of methoxy groups -OCH3 is 2. The molecule has 7 nitrogen and oxygen atoms in total. The molecule has 0 radical (unpaired) electrons. The summed E-state index contributed by atoms with van der Waals surface area (Å²) in [6.07, 6.45) is 3.16. The highest BCUT2D eigenvalue weighted by molar-refractivity contribution is 5.45. The molecule has 1 heterocycles. The second-order valence-electron chi connectivity index (χ2n) is 3.97. The van der Waals surface area contributed by atoms with Crippen molar-refractivity contribution >= 4 is 11.6 Å². The van der Waals surface area contributed by atoms with Crippen molar-refractivity contribution in [1.82, 2.24) is 9.97 Å². The van der Waals surface area contributed by atoms with E-state index in [1.54, 1.807) is 26.6 Å². The predicted molar refractivity (Wildman–Crippen MR) is 76.7 cm³/mol. The van der Waals surface area contributed by atoms with Gasteiger partial charge in [0.05, 0.1) is 26.6 Å². The van der Waals surface area contributed by atoms with Gasteiger partial charge < -0.3 is 20.2 Å². The zero-order valence-corrected chi connectivity index (χ0v) is 11.4. The molecule has 0 aliphatic rings. The molecular formula is C13H17N5O2. The third-order valence-corrected chi connectivity index (χ3v) is 2.74. The molecule has 106 valence electrons. The molecule has 0 unspecified atom stereocenters. The minimum atomic E-state index is 0.497. The molecule has 0 spiro atoms. The lowest BCUT2D eigenvalue weighted by Crippen LogP contribution is -2.10. The minimum absolute atomic E-state index is 0.497. The van der Waals surface area contributed by atoms with Crippen LogP contribution in [0.1, 0.15) is 5.56 Å². The van der Waals surface area contributed by atoms with E-state index in [0.29, 0.717) is 18.2 Å². The Hall–Kier alpha value is -2.54. The molecule has 0 atom stereocenters. The number of nitrogens with zero attached hydrogens (tertiary/aromatic N) is 2. The lowest BCUT2D eigenvalue weighted by Gasteiger charge is -2.11. The lowest BCUT2D eigenvalue weighted by molar-refractivity contribution is 0.391. The summed E-state index contributed by atoms with van der Waals surface area (Å²) in [4.78, 5) is 8.24. The van der Waals surface area contributed by atoms with Crippen LogP contribution in [-0.4, -0.2) is 24.2 Å². The minimum Gasteiger partial charge on any atom is -0.497 e. The highest BCUT2D eigenvalue weighted by Gasteiger charge is 2.05. The Morgan fingerprint density at radius 1 is 1.15 bits per heavy atom. The smallest absolute Gasteiger partial charge is 0.160 e. The number of benzene rings is 1. The molecule has 1 aromatic carbocycles. The van der Waals surface area contributed by atoms with Crippen molar-refractivity contribution in [2.24, 2.45) is 5.84 Å². The summed E-state index contributed by atoms with van der Waals surface area (Å²) in [7, 11) is 3.24. The zero-order valence-electron chi connectivity index (χ0n) is 11.4. The molecule has 0 saturated carbocycles. The van der Waals surface area contributed by atoms with Crippen LogP contribution in [0, 0.1) is 0 Å². The third kappa shape index (κ3) is 3.27. The number of nitrogens with one attached hydrogen (secondary N) is 2. The van der Waals surface area contributed by atoms with Crippen molar-refractivity contribution in [3.63, 3.8) is 0 Å². The van der Waals surface area contributed by atoms with E-state index in [1.807, 2.05) is 18.2 Å². The van der Waals surface area contributed by atoms with E-state index < -0.39 is 0 Å². The Morgan fingerprint density at radius 2 is 1.95 bits per heavy atom. The van der Waals surface area contributed by atoms with Crippen LogP contribution in [0.2, 0.25) is 0 Å². The van der Waals surface area contributed by atoms with Crippen LogP contribution in [0.25, 0.3) is 0 Å². The van der Waals surface area contributed by atoms with Crippen molar-refractivity contribution in [3.8, 4) is 11.5 Å². The number of hydrogen-bond donors (Lipinski definition) is 3. The maximum Gasteiger partial charge on any atom is 0.160 e. The standard InChI is InChI=1S/C13H17N5O2/c1-19-10-4-3-9(11(5-10)20-2)6-16-12-7-15-8-13(17-12)18-14/h3-5,7-8H,6,14H2,1-2H3,(H2,16,17,18). The van der Waals surface area contributed by atoms with Gasteiger partial charge in [0, 0.05) is 18.2 Å². The normalized spacial score (nSPS) is 9.95. The summed E-state index contributed by atoms with van der Waals surface area (Å²) < 4.78 is 10.5. The quantitative estimate of drug-likeness (QED) is 0.541. The summed E-state index contributed by atoms with van der Waals surface area (Å²) in [5.74, 6) is 7.91. The van der Waals surface area contributed by atoms with Gasteiger partial charge in [0.25, 0.3) is 0 Å². The molecule has 20 heavy (non-hydrogen) atoms. The van der Waals surface area contributed by atoms with E-state index in [1.165, 1.54) is 0 Å². The predicted octanol–water partition coefficient (Wildman–Crippen LogP) is 1.39. The maximum atomic E-state index is 5.33. The number of nitrogen functional groups attached to an aromatic ring is 1. The summed E-state index contributed by atoms with van der Waals surface area (Å²) in [6, 6.07) is 5.65. The van der Waals surface area contributed by atoms with E-state index >= 15 is 0 Å². The van der Waals surface area contributed by atoms with Gasteiger partial charge in [-0.25, -0.2) is 10.8 Å². The first-order chi connectivity index (χ1) is 9.76. The Bertz CT molecular complexity index is 576. The van der Waals surface area contributed by atoms with Crippen LogP contribution in [0.3, 0.4) is 0 Å². The fraction of sp³-hybridized carbons (Fsp3) is 0.231. The van der Waals surface area contributed by atoms with E-state index in [9.17, 15) is 0 Å². The summed E-state index contributed by atoms with van der Waals surface area (Å²) >= 11 is 0. The number of hydrogen-bond acceptors (Lipinski definition) is 7. The molecular weight excluding hydrogens is 258 g/mol. The zero-order chi connectivity index (χ0) is 14.4. The van der Waals surface area contributed by atoms with Gasteiger partial charge in [0.2, 0.25) is 0 Å². The number of rotatable bonds is 6. The van der Waals surface area contributed by atoms with Gasteiger partial charge in [-0.1, -0.05) is 0 Å². The largest absolute Gasteiger partial charge is 0.497 e. The topological polar surface area (TPSA) is 94.3 Å². The van der Waals surface area contributed by atoms with Gasteiger partial charge in [0.15, 0.2) is 5.82 Å². The molecule has 2 rings (SSSR count). The van der Waals surface area contributed by atoms with Crippen molar-refractivity contribution in [1.29, 1.82) is 0 Å². The fourth-order valence-electron chi connectivity index (χ4n) is 1.70. The maximum absolute atomic E-state index is 5.33. The van der Waals surface area contributed by atoms with Gasteiger partial charge in [-0.3, -0.25) is 4.98 Å². The van der Waals surface area contributed by atoms with Gasteiger partial charge in [-0.05, 0) is 12.1 Å². The van der Waals surface area contributed by atoms with Gasteiger partial charge in [0.1, 0.15) is 17.3 Å². The highest BCUT2D eigenvalue weighted by atomic mass is 16.5. The number of anilines is 2. The lowest BCUT2D eigenvalue weighted by atomic mass is 10.2. The van der Waals surface area contributed by atoms with Crippen molar-refractivity contribution in [2.45, 2.75) is 6.54 Å². The number of hydrazine groups is 1. The van der Waals surface area contributed by atoms with Crippen LogP contribution in [0.15, 0.2) is 30.6 Å². The first-order valence-electron chi connectivity index (χ1n) is 6.00. The number of aromatic nitrogens is 2. The van der Waals surface area contributed by atoms with E-state index in [4.69, 9.17) is 15.3 Å². The highest BCUT2D eigenvalue weighted by Crippen LogP contribution is 2.25. The van der Waals surface area contributed by atoms with Crippen LogP contribution >= 0.6 is 0 Å². The summed E-state index contributed by atoms with van der Waals surface area (Å²) in [5.41, 5.74) is 3.44. The molecule has 0 fully saturated rings. The molecule has 0 bridgehead atoms. The fourth-order valence-corrected chi connectivity index (χ4v) is 1.70. The Balaban J connectivity index is 2.10. The van der Waals surface area contributed by atoms with Crippen LogP contribution in [0.5, 0.6) is 11.5 Å². The molecule has 0 aliphatic carbocycles. The van der Waals surface area contributed by atoms with Crippen LogP contribution in [0.4, 0.5) is 11.6 Å². The van der Waals surface area contributed by atoms with Crippen LogP contribution in [-0.2, 0) is 6.54 Å². The van der Waals surface area contributed by atoms with Gasteiger partial charge in [-0.15, -0.1) is 0 Å². The first kappa shape index (κ1) is 13.9. The average molecular weight is 275 g/mol. The van der Waals surface area contributed by atoms with E-state index in [-0.39, 0.29) is 0 Å². The molecule has 4 N–H and O–H groups in total. The Kier molecular flexibility index (Phi) is 4.56. The summed E-state index contributed by atoms with van der Waals surface area (Å²) in [5, 5.41) is 3.16. The SMILES string of the molecule is COc1ccc(CNc2cncc(NN)n2)c(OC)c1. The van der Waals surface area contributed by atoms with Crippen molar-refractivity contribution in [3.05, 3.63) is 36.2 Å². The molecule has 2 aromatic rings.